The van der Waals surface area contributed by atoms with E-state index >= 15 is 0 Å². The molecule has 0 aliphatic heterocycles. The molecular formula is C18H27NO. The van der Waals surface area contributed by atoms with E-state index in [9.17, 15) is 4.79 Å². The standard InChI is InChI=1S/C18H27NO/c20-17(16-7-11-1-2-15(16)6-11)19-18-8-12-3-13(9-18)5-14(4-12)10-18/h11-16H,1-10H2,(H,19,20). The summed E-state index contributed by atoms with van der Waals surface area (Å²) in [7, 11) is 0. The lowest BCUT2D eigenvalue weighted by Crippen LogP contribution is -2.60. The van der Waals surface area contributed by atoms with E-state index in [1.54, 1.807) is 0 Å². The van der Waals surface area contributed by atoms with Gasteiger partial charge in [-0.3, -0.25) is 4.79 Å². The van der Waals surface area contributed by atoms with Crippen LogP contribution in [0.15, 0.2) is 0 Å². The van der Waals surface area contributed by atoms with E-state index in [-0.39, 0.29) is 5.54 Å². The molecule has 6 aliphatic rings. The lowest BCUT2D eigenvalue weighted by Gasteiger charge is -2.57. The van der Waals surface area contributed by atoms with Crippen molar-refractivity contribution in [2.45, 2.75) is 69.7 Å². The normalized spacial score (nSPS) is 55.4. The molecule has 0 aromatic heterocycles. The van der Waals surface area contributed by atoms with Gasteiger partial charge >= 0.3 is 0 Å². The third-order valence-electron chi connectivity index (χ3n) is 7.50. The molecule has 20 heavy (non-hydrogen) atoms. The van der Waals surface area contributed by atoms with Gasteiger partial charge in [0.2, 0.25) is 5.91 Å². The van der Waals surface area contributed by atoms with E-state index in [1.165, 1.54) is 64.2 Å². The summed E-state index contributed by atoms with van der Waals surface area (Å²) in [5, 5.41) is 3.61. The molecule has 0 spiro atoms. The Morgan fingerprint density at radius 3 is 1.95 bits per heavy atom. The lowest BCUT2D eigenvalue weighted by molar-refractivity contribution is -0.132. The second-order valence-corrected chi connectivity index (χ2v) is 8.97. The zero-order chi connectivity index (χ0) is 13.3. The van der Waals surface area contributed by atoms with E-state index in [0.29, 0.717) is 11.8 Å². The van der Waals surface area contributed by atoms with Gasteiger partial charge in [0, 0.05) is 11.5 Å². The van der Waals surface area contributed by atoms with E-state index in [2.05, 4.69) is 5.32 Å². The Bertz CT molecular complexity index is 407. The first-order chi connectivity index (χ1) is 9.69. The smallest absolute Gasteiger partial charge is 0.223 e. The minimum Gasteiger partial charge on any atom is -0.350 e. The van der Waals surface area contributed by atoms with Crippen LogP contribution in [0.25, 0.3) is 0 Å². The summed E-state index contributed by atoms with van der Waals surface area (Å²) < 4.78 is 0. The van der Waals surface area contributed by atoms with Gasteiger partial charge in [-0.15, -0.1) is 0 Å². The Kier molecular flexibility index (Phi) is 2.42. The molecule has 110 valence electrons. The molecular weight excluding hydrogens is 246 g/mol. The molecule has 1 amide bonds. The summed E-state index contributed by atoms with van der Waals surface area (Å²) >= 11 is 0. The fraction of sp³-hybridized carbons (Fsp3) is 0.944. The predicted octanol–water partition coefficient (Wildman–Crippen LogP) is 3.51. The van der Waals surface area contributed by atoms with Crippen LogP contribution in [0.2, 0.25) is 0 Å². The minimum absolute atomic E-state index is 0.230. The van der Waals surface area contributed by atoms with Gasteiger partial charge in [0.1, 0.15) is 0 Å². The second kappa shape index (κ2) is 4.01. The van der Waals surface area contributed by atoms with Crippen molar-refractivity contribution in [2.24, 2.45) is 35.5 Å². The fourth-order valence-corrected chi connectivity index (χ4v) is 7.18. The van der Waals surface area contributed by atoms with Crippen LogP contribution in [0.5, 0.6) is 0 Å². The number of amides is 1. The van der Waals surface area contributed by atoms with Crippen molar-refractivity contribution >= 4 is 5.91 Å². The zero-order valence-corrected chi connectivity index (χ0v) is 12.4. The van der Waals surface area contributed by atoms with Crippen molar-refractivity contribution in [1.29, 1.82) is 0 Å². The van der Waals surface area contributed by atoms with Crippen molar-refractivity contribution in [3.05, 3.63) is 0 Å². The van der Waals surface area contributed by atoms with Gasteiger partial charge in [-0.05, 0) is 87.4 Å². The number of rotatable bonds is 2. The summed E-state index contributed by atoms with van der Waals surface area (Å²) in [6, 6.07) is 0. The van der Waals surface area contributed by atoms with Gasteiger partial charge < -0.3 is 5.32 Å². The summed E-state index contributed by atoms with van der Waals surface area (Å²) in [6.07, 6.45) is 13.5. The highest BCUT2D eigenvalue weighted by Gasteiger charge is 2.53. The largest absolute Gasteiger partial charge is 0.350 e. The topological polar surface area (TPSA) is 29.1 Å². The van der Waals surface area contributed by atoms with Crippen LogP contribution in [0, 0.1) is 35.5 Å². The molecule has 6 fully saturated rings. The SMILES string of the molecule is O=C(NC12CC3CC(CC(C3)C1)C2)C1CC2CCC1C2. The Morgan fingerprint density at radius 1 is 0.800 bits per heavy atom. The molecule has 0 radical (unpaired) electrons. The first kappa shape index (κ1) is 12.1. The monoisotopic (exact) mass is 273 g/mol. The highest BCUT2D eigenvalue weighted by molar-refractivity contribution is 5.80. The third kappa shape index (κ3) is 1.72. The van der Waals surface area contributed by atoms with Gasteiger partial charge in [0.25, 0.3) is 0 Å². The third-order valence-corrected chi connectivity index (χ3v) is 7.50. The van der Waals surface area contributed by atoms with Crippen LogP contribution in [0.4, 0.5) is 0 Å². The summed E-state index contributed by atoms with van der Waals surface area (Å²) in [4.78, 5) is 12.8. The van der Waals surface area contributed by atoms with Crippen LogP contribution < -0.4 is 5.32 Å². The van der Waals surface area contributed by atoms with E-state index in [0.717, 1.165) is 29.6 Å². The number of carbonyl (C=O) groups excluding carboxylic acids is 1. The fourth-order valence-electron chi connectivity index (χ4n) is 7.18. The molecule has 0 aromatic rings. The molecule has 3 atom stereocenters. The quantitative estimate of drug-likeness (QED) is 0.819. The number of hydrogen-bond donors (Lipinski definition) is 1. The molecule has 3 unspecified atom stereocenters. The van der Waals surface area contributed by atoms with Crippen LogP contribution in [-0.4, -0.2) is 11.4 Å². The maximum Gasteiger partial charge on any atom is 0.223 e. The predicted molar refractivity (Wildman–Crippen MR) is 78.0 cm³/mol. The van der Waals surface area contributed by atoms with Gasteiger partial charge in [0.05, 0.1) is 0 Å². The maximum atomic E-state index is 12.8. The average Bonchev–Trinajstić information content (AvgIpc) is 2.98. The number of carbonyl (C=O) groups is 1. The molecule has 6 saturated carbocycles. The van der Waals surface area contributed by atoms with Crippen molar-refractivity contribution in [3.63, 3.8) is 0 Å². The van der Waals surface area contributed by atoms with Gasteiger partial charge in [-0.1, -0.05) is 6.42 Å². The molecule has 1 N–H and O–H groups in total. The zero-order valence-electron chi connectivity index (χ0n) is 12.4. The Hall–Kier alpha value is -0.530. The maximum absolute atomic E-state index is 12.8. The average molecular weight is 273 g/mol. The van der Waals surface area contributed by atoms with Gasteiger partial charge in [0.15, 0.2) is 0 Å². The number of nitrogens with one attached hydrogen (secondary N) is 1. The second-order valence-electron chi connectivity index (χ2n) is 8.97. The molecule has 6 bridgehead atoms. The van der Waals surface area contributed by atoms with Crippen molar-refractivity contribution < 1.29 is 4.79 Å². The van der Waals surface area contributed by atoms with Crippen molar-refractivity contribution in [1.82, 2.24) is 5.32 Å². The van der Waals surface area contributed by atoms with Crippen molar-refractivity contribution in [2.75, 3.05) is 0 Å². The van der Waals surface area contributed by atoms with Crippen LogP contribution in [-0.2, 0) is 4.79 Å². The molecule has 0 aromatic carbocycles. The first-order valence-electron chi connectivity index (χ1n) is 9.01. The highest BCUT2D eigenvalue weighted by Crippen LogP contribution is 2.56. The molecule has 6 aliphatic carbocycles. The Labute approximate surface area is 122 Å². The molecule has 2 nitrogen and oxygen atoms in total. The van der Waals surface area contributed by atoms with Crippen LogP contribution in [0.3, 0.4) is 0 Å². The van der Waals surface area contributed by atoms with E-state index < -0.39 is 0 Å². The molecule has 6 rings (SSSR count). The van der Waals surface area contributed by atoms with E-state index in [1.807, 2.05) is 0 Å². The number of fused-ring (bicyclic) bond motifs is 2. The molecule has 2 heteroatoms. The Morgan fingerprint density at radius 2 is 1.45 bits per heavy atom. The van der Waals surface area contributed by atoms with Crippen LogP contribution in [0.1, 0.15) is 64.2 Å². The van der Waals surface area contributed by atoms with Gasteiger partial charge in [-0.2, -0.15) is 0 Å². The first-order valence-corrected chi connectivity index (χ1v) is 9.01. The summed E-state index contributed by atoms with van der Waals surface area (Å²) in [5.41, 5.74) is 0.230. The minimum atomic E-state index is 0.230. The molecule has 0 heterocycles. The lowest BCUT2D eigenvalue weighted by atomic mass is 9.53. The van der Waals surface area contributed by atoms with E-state index in [4.69, 9.17) is 0 Å². The van der Waals surface area contributed by atoms with Gasteiger partial charge in [-0.25, -0.2) is 0 Å². The number of hydrogen-bond acceptors (Lipinski definition) is 1. The highest BCUT2D eigenvalue weighted by atomic mass is 16.2. The molecule has 0 saturated heterocycles. The van der Waals surface area contributed by atoms with Crippen LogP contribution >= 0.6 is 0 Å². The van der Waals surface area contributed by atoms with Crippen molar-refractivity contribution in [3.8, 4) is 0 Å². The summed E-state index contributed by atoms with van der Waals surface area (Å²) in [5.74, 6) is 5.23. The summed E-state index contributed by atoms with van der Waals surface area (Å²) in [6.45, 7) is 0. The Balaban J connectivity index is 1.33.